The van der Waals surface area contributed by atoms with Gasteiger partial charge in [-0.25, -0.2) is 0 Å². The van der Waals surface area contributed by atoms with E-state index in [2.05, 4.69) is 49.5 Å². The van der Waals surface area contributed by atoms with Crippen molar-refractivity contribution in [2.75, 3.05) is 0 Å². The maximum Gasteiger partial charge on any atom is 0.115 e. The first-order chi connectivity index (χ1) is 9.55. The number of hydrogen-bond acceptors (Lipinski definition) is 2. The van der Waals surface area contributed by atoms with E-state index in [4.69, 9.17) is 0 Å². The van der Waals surface area contributed by atoms with E-state index < -0.39 is 0 Å². The average Bonchev–Trinajstić information content (AvgIpc) is 2.45. The molecule has 2 heteroatoms. The number of phenolic OH excluding ortho intramolecular Hbond substituents is 1. The molecule has 0 radical (unpaired) electrons. The predicted octanol–water partition coefficient (Wildman–Crippen LogP) is 3.89. The Morgan fingerprint density at radius 2 is 1.65 bits per heavy atom. The first-order valence-electron chi connectivity index (χ1n) is 7.12. The van der Waals surface area contributed by atoms with Gasteiger partial charge in [-0.2, -0.15) is 0 Å². The van der Waals surface area contributed by atoms with Crippen molar-refractivity contribution in [3.05, 3.63) is 65.7 Å². The van der Waals surface area contributed by atoms with Gasteiger partial charge in [-0.05, 0) is 49.9 Å². The summed E-state index contributed by atoms with van der Waals surface area (Å²) in [7, 11) is 0. The zero-order valence-electron chi connectivity index (χ0n) is 12.3. The molecule has 0 aromatic heterocycles. The maximum absolute atomic E-state index is 9.47. The molecule has 0 fully saturated rings. The highest BCUT2D eigenvalue weighted by Gasteiger charge is 2.16. The minimum Gasteiger partial charge on any atom is -0.508 e. The van der Waals surface area contributed by atoms with Crippen LogP contribution < -0.4 is 5.32 Å². The molecule has 2 aromatic carbocycles. The van der Waals surface area contributed by atoms with E-state index in [1.807, 2.05) is 12.1 Å². The van der Waals surface area contributed by atoms with Gasteiger partial charge < -0.3 is 10.4 Å². The summed E-state index contributed by atoms with van der Waals surface area (Å²) in [6.45, 7) is 5.22. The van der Waals surface area contributed by atoms with Gasteiger partial charge in [-0.1, -0.05) is 42.5 Å². The van der Waals surface area contributed by atoms with Gasteiger partial charge in [0, 0.05) is 12.1 Å². The smallest absolute Gasteiger partial charge is 0.115 e. The van der Waals surface area contributed by atoms with Gasteiger partial charge >= 0.3 is 0 Å². The highest BCUT2D eigenvalue weighted by atomic mass is 16.3. The van der Waals surface area contributed by atoms with E-state index >= 15 is 0 Å². The molecule has 0 spiro atoms. The summed E-state index contributed by atoms with van der Waals surface area (Å²) in [4.78, 5) is 0. The van der Waals surface area contributed by atoms with Crippen LogP contribution in [-0.4, -0.2) is 10.6 Å². The Kier molecular flexibility index (Phi) is 4.80. The normalized spacial score (nSPS) is 11.5. The molecular formula is C18H23NO. The van der Waals surface area contributed by atoms with Crippen LogP contribution in [0.4, 0.5) is 0 Å². The van der Waals surface area contributed by atoms with Gasteiger partial charge in [0.15, 0.2) is 0 Å². The molecule has 106 valence electrons. The van der Waals surface area contributed by atoms with Crippen LogP contribution in [0.15, 0.2) is 54.6 Å². The van der Waals surface area contributed by atoms with Crippen molar-refractivity contribution in [3.8, 4) is 5.75 Å². The molecule has 0 atom stereocenters. The van der Waals surface area contributed by atoms with Crippen LogP contribution in [0, 0.1) is 0 Å². The van der Waals surface area contributed by atoms with E-state index in [9.17, 15) is 5.11 Å². The van der Waals surface area contributed by atoms with Gasteiger partial charge in [0.25, 0.3) is 0 Å². The van der Waals surface area contributed by atoms with Gasteiger partial charge in [0.2, 0.25) is 0 Å². The fourth-order valence-electron chi connectivity index (χ4n) is 2.20. The minimum atomic E-state index is 0.0707. The monoisotopic (exact) mass is 269 g/mol. The Bertz CT molecular complexity index is 534. The van der Waals surface area contributed by atoms with Crippen LogP contribution in [0.1, 0.15) is 31.4 Å². The molecule has 0 amide bonds. The standard InChI is InChI=1S/C18H23NO/c1-18(2,12-11-15-7-4-3-5-8-15)19-14-16-9-6-10-17(20)13-16/h3-10,13,19-20H,11-12,14H2,1-2H3. The second kappa shape index (κ2) is 6.58. The average molecular weight is 269 g/mol. The Labute approximate surface area is 121 Å². The van der Waals surface area contributed by atoms with Gasteiger partial charge in [-0.3, -0.25) is 0 Å². The van der Waals surface area contributed by atoms with E-state index in [-0.39, 0.29) is 5.54 Å². The summed E-state index contributed by atoms with van der Waals surface area (Å²) in [6.07, 6.45) is 2.15. The second-order valence-corrected chi connectivity index (χ2v) is 5.89. The predicted molar refractivity (Wildman–Crippen MR) is 83.8 cm³/mol. The number of rotatable bonds is 6. The maximum atomic E-state index is 9.47. The third-order valence-corrected chi connectivity index (χ3v) is 3.56. The number of aryl methyl sites for hydroxylation is 1. The molecule has 2 aromatic rings. The quantitative estimate of drug-likeness (QED) is 0.833. The number of aromatic hydroxyl groups is 1. The summed E-state index contributed by atoms with van der Waals surface area (Å²) in [5, 5.41) is 13.0. The van der Waals surface area contributed by atoms with E-state index in [1.54, 1.807) is 12.1 Å². The topological polar surface area (TPSA) is 32.3 Å². The Morgan fingerprint density at radius 3 is 2.35 bits per heavy atom. The Balaban J connectivity index is 1.84. The van der Waals surface area contributed by atoms with E-state index in [1.165, 1.54) is 5.56 Å². The van der Waals surface area contributed by atoms with E-state index in [0.29, 0.717) is 5.75 Å². The fourth-order valence-corrected chi connectivity index (χ4v) is 2.20. The highest BCUT2D eigenvalue weighted by Crippen LogP contribution is 2.16. The molecule has 0 saturated heterocycles. The molecule has 2 N–H and O–H groups in total. The van der Waals surface area contributed by atoms with Crippen molar-refractivity contribution in [1.82, 2.24) is 5.32 Å². The lowest BCUT2D eigenvalue weighted by atomic mass is 9.95. The molecule has 0 aliphatic heterocycles. The van der Waals surface area contributed by atoms with Crippen LogP contribution in [0.2, 0.25) is 0 Å². The fraction of sp³-hybridized carbons (Fsp3) is 0.333. The second-order valence-electron chi connectivity index (χ2n) is 5.89. The van der Waals surface area contributed by atoms with Gasteiger partial charge in [0.05, 0.1) is 0 Å². The highest BCUT2D eigenvalue weighted by molar-refractivity contribution is 5.27. The SMILES string of the molecule is CC(C)(CCc1ccccc1)NCc1cccc(O)c1. The van der Waals surface area contributed by atoms with Crippen LogP contribution in [0.3, 0.4) is 0 Å². The molecular weight excluding hydrogens is 246 g/mol. The largest absolute Gasteiger partial charge is 0.508 e. The molecule has 0 unspecified atom stereocenters. The van der Waals surface area contributed by atoms with Crippen molar-refractivity contribution in [2.24, 2.45) is 0 Å². The Hall–Kier alpha value is -1.80. The van der Waals surface area contributed by atoms with Crippen LogP contribution in [-0.2, 0) is 13.0 Å². The lowest BCUT2D eigenvalue weighted by molar-refractivity contribution is 0.360. The summed E-state index contributed by atoms with van der Waals surface area (Å²) in [5.41, 5.74) is 2.55. The number of hydrogen-bond donors (Lipinski definition) is 2. The lowest BCUT2D eigenvalue weighted by Gasteiger charge is -2.26. The summed E-state index contributed by atoms with van der Waals surface area (Å²) >= 11 is 0. The molecule has 20 heavy (non-hydrogen) atoms. The van der Waals surface area contributed by atoms with Crippen LogP contribution in [0.5, 0.6) is 5.75 Å². The van der Waals surface area contributed by atoms with Crippen LogP contribution >= 0.6 is 0 Å². The summed E-state index contributed by atoms with van der Waals surface area (Å²) in [5.74, 6) is 0.325. The van der Waals surface area contributed by atoms with Crippen molar-refractivity contribution in [2.45, 2.75) is 38.8 Å². The third-order valence-electron chi connectivity index (χ3n) is 3.56. The number of phenols is 1. The van der Waals surface area contributed by atoms with Crippen LogP contribution in [0.25, 0.3) is 0 Å². The first-order valence-corrected chi connectivity index (χ1v) is 7.12. The zero-order valence-corrected chi connectivity index (χ0v) is 12.3. The molecule has 2 nitrogen and oxygen atoms in total. The van der Waals surface area contributed by atoms with Gasteiger partial charge in [-0.15, -0.1) is 0 Å². The molecule has 2 rings (SSSR count). The van der Waals surface area contributed by atoms with Crippen molar-refractivity contribution < 1.29 is 5.11 Å². The molecule has 0 aliphatic rings. The Morgan fingerprint density at radius 1 is 0.950 bits per heavy atom. The van der Waals surface area contributed by atoms with Crippen molar-refractivity contribution >= 4 is 0 Å². The molecule has 0 heterocycles. The minimum absolute atomic E-state index is 0.0707. The lowest BCUT2D eigenvalue weighted by Crippen LogP contribution is -2.39. The van der Waals surface area contributed by atoms with Crippen molar-refractivity contribution in [3.63, 3.8) is 0 Å². The summed E-state index contributed by atoms with van der Waals surface area (Å²) < 4.78 is 0. The number of benzene rings is 2. The summed E-state index contributed by atoms with van der Waals surface area (Å²) in [6, 6.07) is 18.0. The molecule has 0 aliphatic carbocycles. The van der Waals surface area contributed by atoms with Crippen molar-refractivity contribution in [1.29, 1.82) is 0 Å². The van der Waals surface area contributed by atoms with E-state index in [0.717, 1.165) is 24.9 Å². The first kappa shape index (κ1) is 14.6. The third kappa shape index (κ3) is 4.71. The zero-order chi connectivity index (χ0) is 14.4. The molecule has 0 saturated carbocycles. The number of nitrogens with one attached hydrogen (secondary N) is 1. The van der Waals surface area contributed by atoms with Gasteiger partial charge in [0.1, 0.15) is 5.75 Å². The molecule has 0 bridgehead atoms.